The molecular formula is C20H18N4O. The number of nitrogen functional groups attached to an aromatic ring is 1. The van der Waals surface area contributed by atoms with E-state index in [9.17, 15) is 5.11 Å². The van der Waals surface area contributed by atoms with Crippen LogP contribution in [0.5, 0.6) is 0 Å². The Morgan fingerprint density at radius 2 is 1.64 bits per heavy atom. The van der Waals surface area contributed by atoms with Crippen molar-refractivity contribution in [2.24, 2.45) is 0 Å². The second-order valence-corrected chi connectivity index (χ2v) is 5.95. The summed E-state index contributed by atoms with van der Waals surface area (Å²) in [6.45, 7) is 0.393. The highest BCUT2D eigenvalue weighted by Gasteiger charge is 2.17. The first-order valence-corrected chi connectivity index (χ1v) is 8.12. The fourth-order valence-corrected chi connectivity index (χ4v) is 3.09. The average Bonchev–Trinajstić information content (AvgIpc) is 3.03. The maximum Gasteiger partial charge on any atom is 0.146 e. The molecule has 0 saturated heterocycles. The summed E-state index contributed by atoms with van der Waals surface area (Å²) in [4.78, 5) is 8.53. The van der Waals surface area contributed by atoms with E-state index in [1.807, 2.05) is 71.4 Å². The maximum absolute atomic E-state index is 10.6. The van der Waals surface area contributed by atoms with Crippen molar-refractivity contribution in [2.75, 3.05) is 5.73 Å². The predicted molar refractivity (Wildman–Crippen MR) is 98.8 cm³/mol. The van der Waals surface area contributed by atoms with Crippen molar-refractivity contribution in [3.63, 3.8) is 0 Å². The molecule has 0 aliphatic heterocycles. The standard InChI is InChI=1S/C20H18N4O/c21-19-18-16(14-7-3-1-4-8-14)11-24(20(18)23-13-22-19)12-17(25)15-9-5-2-6-10-15/h1-11,13,17,25H,12H2,(H2,21,22,23)/t17-/m1/s1. The summed E-state index contributed by atoms with van der Waals surface area (Å²) in [7, 11) is 0. The number of anilines is 1. The summed E-state index contributed by atoms with van der Waals surface area (Å²) < 4.78 is 1.94. The number of hydrogen-bond acceptors (Lipinski definition) is 4. The van der Waals surface area contributed by atoms with Crippen molar-refractivity contribution in [1.29, 1.82) is 0 Å². The number of benzene rings is 2. The number of aliphatic hydroxyl groups excluding tert-OH is 1. The van der Waals surface area contributed by atoms with Gasteiger partial charge in [0.15, 0.2) is 0 Å². The molecular weight excluding hydrogens is 312 g/mol. The van der Waals surface area contributed by atoms with Gasteiger partial charge in [-0.1, -0.05) is 60.7 Å². The number of nitrogens with zero attached hydrogens (tertiary/aromatic N) is 3. The van der Waals surface area contributed by atoms with Gasteiger partial charge in [-0.3, -0.25) is 0 Å². The van der Waals surface area contributed by atoms with E-state index in [1.54, 1.807) is 0 Å². The number of nitrogens with two attached hydrogens (primary N) is 1. The van der Waals surface area contributed by atoms with Crippen LogP contribution in [0.2, 0.25) is 0 Å². The topological polar surface area (TPSA) is 77.0 Å². The summed E-state index contributed by atoms with van der Waals surface area (Å²) >= 11 is 0. The molecule has 0 aliphatic carbocycles. The van der Waals surface area contributed by atoms with Gasteiger partial charge in [0.05, 0.1) is 18.0 Å². The van der Waals surface area contributed by atoms with E-state index in [1.165, 1.54) is 6.33 Å². The Balaban J connectivity index is 1.81. The minimum atomic E-state index is -0.628. The molecule has 5 nitrogen and oxygen atoms in total. The van der Waals surface area contributed by atoms with Crippen LogP contribution >= 0.6 is 0 Å². The van der Waals surface area contributed by atoms with Crippen LogP contribution in [0, 0.1) is 0 Å². The Bertz CT molecular complexity index is 996. The summed E-state index contributed by atoms with van der Waals surface area (Å²) in [6.07, 6.45) is 2.81. The van der Waals surface area contributed by atoms with Crippen LogP contribution in [0.1, 0.15) is 11.7 Å². The molecule has 0 fully saturated rings. The highest BCUT2D eigenvalue weighted by atomic mass is 16.3. The summed E-state index contributed by atoms with van der Waals surface area (Å²) in [6, 6.07) is 19.6. The third-order valence-corrected chi connectivity index (χ3v) is 4.32. The van der Waals surface area contributed by atoms with Crippen molar-refractivity contribution >= 4 is 16.9 Å². The highest BCUT2D eigenvalue weighted by Crippen LogP contribution is 2.33. The first-order chi connectivity index (χ1) is 12.2. The average molecular weight is 330 g/mol. The number of aliphatic hydroxyl groups is 1. The van der Waals surface area contributed by atoms with Crippen LogP contribution in [0.15, 0.2) is 73.2 Å². The van der Waals surface area contributed by atoms with Crippen LogP contribution in [0.3, 0.4) is 0 Å². The molecule has 0 saturated carbocycles. The van der Waals surface area contributed by atoms with E-state index in [0.29, 0.717) is 12.4 Å². The third kappa shape index (κ3) is 2.86. The van der Waals surface area contributed by atoms with Crippen molar-refractivity contribution in [2.45, 2.75) is 12.6 Å². The van der Waals surface area contributed by atoms with Gasteiger partial charge in [-0.2, -0.15) is 0 Å². The molecule has 0 amide bonds. The molecule has 0 bridgehead atoms. The molecule has 0 spiro atoms. The van der Waals surface area contributed by atoms with E-state index < -0.39 is 6.10 Å². The van der Waals surface area contributed by atoms with Gasteiger partial charge in [0.2, 0.25) is 0 Å². The van der Waals surface area contributed by atoms with Crippen LogP contribution in [0.4, 0.5) is 5.82 Å². The SMILES string of the molecule is Nc1ncnc2c1c(-c1ccccc1)cn2C[C@@H](O)c1ccccc1. The van der Waals surface area contributed by atoms with Gasteiger partial charge in [0.1, 0.15) is 17.8 Å². The Hall–Kier alpha value is -3.18. The molecule has 25 heavy (non-hydrogen) atoms. The van der Waals surface area contributed by atoms with E-state index >= 15 is 0 Å². The summed E-state index contributed by atoms with van der Waals surface area (Å²) in [5.74, 6) is 0.441. The van der Waals surface area contributed by atoms with Gasteiger partial charge in [-0.25, -0.2) is 9.97 Å². The molecule has 2 aromatic heterocycles. The fraction of sp³-hybridized carbons (Fsp3) is 0.100. The summed E-state index contributed by atoms with van der Waals surface area (Å²) in [5.41, 5.74) is 9.72. The van der Waals surface area contributed by atoms with Crippen molar-refractivity contribution in [3.8, 4) is 11.1 Å². The first-order valence-electron chi connectivity index (χ1n) is 8.12. The van der Waals surface area contributed by atoms with Gasteiger partial charge in [0.25, 0.3) is 0 Å². The molecule has 124 valence electrons. The second kappa shape index (κ2) is 6.37. The summed E-state index contributed by atoms with van der Waals surface area (Å²) in [5, 5.41) is 11.4. The highest BCUT2D eigenvalue weighted by molar-refractivity contribution is 6.00. The van der Waals surface area contributed by atoms with Crippen LogP contribution in [-0.2, 0) is 6.54 Å². The molecule has 2 heterocycles. The fourth-order valence-electron chi connectivity index (χ4n) is 3.09. The van der Waals surface area contributed by atoms with Crippen LogP contribution < -0.4 is 5.73 Å². The molecule has 4 rings (SSSR count). The predicted octanol–water partition coefficient (Wildman–Crippen LogP) is 3.41. The molecule has 4 aromatic rings. The Morgan fingerprint density at radius 1 is 0.960 bits per heavy atom. The van der Waals surface area contributed by atoms with Crippen molar-refractivity contribution in [3.05, 3.63) is 78.8 Å². The largest absolute Gasteiger partial charge is 0.387 e. The zero-order valence-electron chi connectivity index (χ0n) is 13.6. The molecule has 5 heteroatoms. The third-order valence-electron chi connectivity index (χ3n) is 4.32. The lowest BCUT2D eigenvalue weighted by Gasteiger charge is -2.12. The maximum atomic E-state index is 10.6. The van der Waals surface area contributed by atoms with Crippen LogP contribution in [-0.4, -0.2) is 19.6 Å². The van der Waals surface area contributed by atoms with Crippen molar-refractivity contribution in [1.82, 2.24) is 14.5 Å². The monoisotopic (exact) mass is 330 g/mol. The van der Waals surface area contributed by atoms with Gasteiger partial charge in [0, 0.05) is 11.8 Å². The van der Waals surface area contributed by atoms with Gasteiger partial charge < -0.3 is 15.4 Å². The van der Waals surface area contributed by atoms with Gasteiger partial charge >= 0.3 is 0 Å². The Morgan fingerprint density at radius 3 is 2.36 bits per heavy atom. The minimum Gasteiger partial charge on any atom is -0.387 e. The molecule has 0 radical (unpaired) electrons. The Labute approximate surface area is 145 Å². The number of hydrogen-bond donors (Lipinski definition) is 2. The second-order valence-electron chi connectivity index (χ2n) is 5.95. The lowest BCUT2D eigenvalue weighted by Crippen LogP contribution is -2.08. The number of fused-ring (bicyclic) bond motifs is 1. The van der Waals surface area contributed by atoms with Crippen LogP contribution in [0.25, 0.3) is 22.2 Å². The van der Waals surface area contributed by atoms with E-state index in [2.05, 4.69) is 9.97 Å². The quantitative estimate of drug-likeness (QED) is 0.601. The first kappa shape index (κ1) is 15.4. The Kier molecular flexibility index (Phi) is 3.91. The minimum absolute atomic E-state index is 0.393. The van der Waals surface area contributed by atoms with Gasteiger partial charge in [-0.05, 0) is 11.1 Å². The molecule has 0 aliphatic rings. The van der Waals surface area contributed by atoms with Crippen molar-refractivity contribution < 1.29 is 5.11 Å². The molecule has 3 N–H and O–H groups in total. The van der Waals surface area contributed by atoms with Gasteiger partial charge in [-0.15, -0.1) is 0 Å². The normalized spacial score (nSPS) is 12.4. The smallest absolute Gasteiger partial charge is 0.146 e. The zero-order valence-corrected chi connectivity index (χ0v) is 13.6. The van der Waals surface area contributed by atoms with E-state index in [-0.39, 0.29) is 0 Å². The molecule has 0 unspecified atom stereocenters. The number of aromatic nitrogens is 3. The number of rotatable bonds is 4. The zero-order chi connectivity index (χ0) is 17.2. The van der Waals surface area contributed by atoms with E-state index in [4.69, 9.17) is 5.73 Å². The lowest BCUT2D eigenvalue weighted by atomic mass is 10.1. The molecule has 2 aromatic carbocycles. The van der Waals surface area contributed by atoms with E-state index in [0.717, 1.165) is 27.7 Å². The lowest BCUT2D eigenvalue weighted by molar-refractivity contribution is 0.158. The molecule has 1 atom stereocenters.